The SMILES string of the molecule is CC1(C)CCC(C)(C)c2cc3c(cc21)c1c2c4c5ccccc5ccc4n(-c4nc(-c5ccccc5-c5ccccc5)c5ccc6ccccc6c5n4)c2ccc1n3-c1ccccc1. The lowest BCUT2D eigenvalue weighted by Crippen LogP contribution is -2.33. The first-order chi connectivity index (χ1) is 31.2. The van der Waals surface area contributed by atoms with Crippen LogP contribution in [0.3, 0.4) is 0 Å². The maximum atomic E-state index is 5.72. The number of benzene rings is 9. The van der Waals surface area contributed by atoms with Crippen LogP contribution in [-0.4, -0.2) is 19.1 Å². The predicted octanol–water partition coefficient (Wildman–Crippen LogP) is 15.8. The largest absolute Gasteiger partial charge is 0.309 e. The number of nitrogens with zero attached hydrogens (tertiary/aromatic N) is 4. The van der Waals surface area contributed by atoms with Crippen LogP contribution in [0.1, 0.15) is 51.7 Å². The molecule has 9 aromatic carbocycles. The van der Waals surface area contributed by atoms with E-state index in [2.05, 4.69) is 219 Å². The van der Waals surface area contributed by atoms with Crippen LogP contribution in [-0.2, 0) is 10.8 Å². The second-order valence-electron chi connectivity index (χ2n) is 19.2. The molecular weight excluding hydrogens is 777 g/mol. The first kappa shape index (κ1) is 37.0. The van der Waals surface area contributed by atoms with Gasteiger partial charge in [0, 0.05) is 43.6 Å². The van der Waals surface area contributed by atoms with Crippen LogP contribution in [0.2, 0.25) is 0 Å². The molecule has 12 aromatic rings. The van der Waals surface area contributed by atoms with Crippen LogP contribution in [0.5, 0.6) is 0 Å². The minimum Gasteiger partial charge on any atom is -0.309 e. The number of para-hydroxylation sites is 1. The molecule has 4 nitrogen and oxygen atoms in total. The van der Waals surface area contributed by atoms with Gasteiger partial charge in [0.05, 0.1) is 33.3 Å². The number of hydrogen-bond donors (Lipinski definition) is 0. The molecule has 64 heavy (non-hydrogen) atoms. The van der Waals surface area contributed by atoms with E-state index in [0.29, 0.717) is 5.95 Å². The van der Waals surface area contributed by atoms with Crippen molar-refractivity contribution in [2.24, 2.45) is 0 Å². The Morgan fingerprint density at radius 2 is 0.953 bits per heavy atom. The highest BCUT2D eigenvalue weighted by atomic mass is 15.2. The van der Waals surface area contributed by atoms with E-state index in [4.69, 9.17) is 9.97 Å². The van der Waals surface area contributed by atoms with Crippen molar-refractivity contribution in [2.45, 2.75) is 51.4 Å². The highest BCUT2D eigenvalue weighted by molar-refractivity contribution is 6.33. The summed E-state index contributed by atoms with van der Waals surface area (Å²) in [4.78, 5) is 11.4. The Morgan fingerprint density at radius 3 is 1.70 bits per heavy atom. The summed E-state index contributed by atoms with van der Waals surface area (Å²) in [6.07, 6.45) is 2.31. The van der Waals surface area contributed by atoms with Gasteiger partial charge in [0.25, 0.3) is 0 Å². The molecule has 0 spiro atoms. The van der Waals surface area contributed by atoms with Gasteiger partial charge in [0.1, 0.15) is 0 Å². The molecule has 0 unspecified atom stereocenters. The summed E-state index contributed by atoms with van der Waals surface area (Å²) in [5.41, 5.74) is 14.0. The number of rotatable bonds is 4. The first-order valence-electron chi connectivity index (χ1n) is 22.6. The highest BCUT2D eigenvalue weighted by Crippen LogP contribution is 2.51. The van der Waals surface area contributed by atoms with Crippen LogP contribution in [0.25, 0.3) is 110 Å². The fraction of sp³-hybridized carbons (Fsp3) is 0.133. The van der Waals surface area contributed by atoms with Gasteiger partial charge in [0.15, 0.2) is 0 Å². The smallest absolute Gasteiger partial charge is 0.235 e. The van der Waals surface area contributed by atoms with Gasteiger partial charge in [-0.25, -0.2) is 9.97 Å². The molecule has 1 aliphatic rings. The van der Waals surface area contributed by atoms with E-state index in [0.717, 1.165) is 73.6 Å². The molecule has 0 atom stereocenters. The minimum absolute atomic E-state index is 0.0446. The molecule has 0 bridgehead atoms. The monoisotopic (exact) mass is 822 g/mol. The molecule has 0 N–H and O–H groups in total. The Bertz CT molecular complexity index is 3890. The fourth-order valence-corrected chi connectivity index (χ4v) is 11.2. The second kappa shape index (κ2) is 13.5. The third kappa shape index (κ3) is 5.29. The van der Waals surface area contributed by atoms with Gasteiger partial charge in [-0.3, -0.25) is 4.57 Å². The molecule has 1 aliphatic carbocycles. The topological polar surface area (TPSA) is 35.6 Å². The van der Waals surface area contributed by atoms with Crippen molar-refractivity contribution in [3.63, 3.8) is 0 Å². The quantitative estimate of drug-likeness (QED) is 0.166. The average molecular weight is 823 g/mol. The van der Waals surface area contributed by atoms with Gasteiger partial charge in [-0.05, 0) is 111 Å². The Hall–Kier alpha value is -7.56. The lowest BCUT2D eigenvalue weighted by Gasteiger charge is -2.42. The summed E-state index contributed by atoms with van der Waals surface area (Å²) in [6.45, 7) is 9.73. The number of hydrogen-bond acceptors (Lipinski definition) is 2. The zero-order valence-corrected chi connectivity index (χ0v) is 36.5. The maximum Gasteiger partial charge on any atom is 0.235 e. The van der Waals surface area contributed by atoms with Crippen LogP contribution in [0.15, 0.2) is 182 Å². The van der Waals surface area contributed by atoms with Gasteiger partial charge in [-0.15, -0.1) is 0 Å². The summed E-state index contributed by atoms with van der Waals surface area (Å²) in [6, 6.07) is 66.5. The lowest BCUT2D eigenvalue weighted by molar-refractivity contribution is 0.332. The van der Waals surface area contributed by atoms with Gasteiger partial charge in [-0.2, -0.15) is 0 Å². The molecule has 0 aliphatic heterocycles. The van der Waals surface area contributed by atoms with E-state index in [9.17, 15) is 0 Å². The average Bonchev–Trinajstić information content (AvgIpc) is 3.85. The summed E-state index contributed by atoms with van der Waals surface area (Å²) in [5.74, 6) is 0.656. The van der Waals surface area contributed by atoms with Crippen molar-refractivity contribution in [3.05, 3.63) is 193 Å². The highest BCUT2D eigenvalue weighted by Gasteiger charge is 2.38. The Kier molecular flexibility index (Phi) is 7.80. The van der Waals surface area contributed by atoms with Crippen molar-refractivity contribution in [1.82, 2.24) is 19.1 Å². The summed E-state index contributed by atoms with van der Waals surface area (Å²) >= 11 is 0. The van der Waals surface area contributed by atoms with E-state index in [1.807, 2.05) is 0 Å². The van der Waals surface area contributed by atoms with Crippen molar-refractivity contribution in [1.29, 1.82) is 0 Å². The van der Waals surface area contributed by atoms with Crippen LogP contribution < -0.4 is 0 Å². The fourth-order valence-electron chi connectivity index (χ4n) is 11.2. The third-order valence-electron chi connectivity index (χ3n) is 14.6. The van der Waals surface area contributed by atoms with Gasteiger partial charge in [0.2, 0.25) is 5.95 Å². The Morgan fingerprint density at radius 1 is 0.406 bits per heavy atom. The maximum absolute atomic E-state index is 5.72. The van der Waals surface area contributed by atoms with E-state index in [-0.39, 0.29) is 10.8 Å². The molecular formula is C60H46N4. The second-order valence-corrected chi connectivity index (χ2v) is 19.2. The molecule has 0 amide bonds. The van der Waals surface area contributed by atoms with Crippen LogP contribution >= 0.6 is 0 Å². The van der Waals surface area contributed by atoms with Crippen LogP contribution in [0.4, 0.5) is 0 Å². The number of fused-ring (bicyclic) bond motifs is 13. The summed E-state index contributed by atoms with van der Waals surface area (Å²) < 4.78 is 4.86. The van der Waals surface area contributed by atoms with E-state index in [1.165, 1.54) is 54.5 Å². The molecule has 0 fully saturated rings. The van der Waals surface area contributed by atoms with E-state index >= 15 is 0 Å². The summed E-state index contributed by atoms with van der Waals surface area (Å²) in [5, 5.41) is 10.7. The molecule has 0 saturated heterocycles. The van der Waals surface area contributed by atoms with Gasteiger partial charge < -0.3 is 4.57 Å². The third-order valence-corrected chi connectivity index (χ3v) is 14.6. The lowest BCUT2D eigenvalue weighted by atomic mass is 9.63. The number of aromatic nitrogens is 4. The van der Waals surface area contributed by atoms with Crippen LogP contribution in [0, 0.1) is 0 Å². The zero-order valence-electron chi connectivity index (χ0n) is 36.5. The molecule has 3 aromatic heterocycles. The van der Waals surface area contributed by atoms with Crippen molar-refractivity contribution >= 4 is 76.1 Å². The summed E-state index contributed by atoms with van der Waals surface area (Å²) in [7, 11) is 0. The molecule has 306 valence electrons. The van der Waals surface area contributed by atoms with Gasteiger partial charge >= 0.3 is 0 Å². The first-order valence-corrected chi connectivity index (χ1v) is 22.6. The molecule has 13 rings (SSSR count). The van der Waals surface area contributed by atoms with Gasteiger partial charge in [-0.1, -0.05) is 161 Å². The van der Waals surface area contributed by atoms with Crippen molar-refractivity contribution < 1.29 is 0 Å². The molecule has 0 saturated carbocycles. The standard InChI is InChI=1S/C60H46N4/c1-59(2)33-34-60(3,4)48-36-52-46(35-47(48)59)54-49(63(52)40-21-9-6-10-22-40)31-32-51-55(54)53-42-24-13-11-19-38(42)28-30-50(53)64(51)58-61-56-43-25-14-12-20-39(43)27-29-45(56)57(62-58)44-26-16-15-23-41(44)37-17-7-5-8-18-37/h5-32,35-36H,33-34H2,1-4H3. The molecule has 3 heterocycles. The zero-order chi connectivity index (χ0) is 42.9. The van der Waals surface area contributed by atoms with Crippen molar-refractivity contribution in [3.8, 4) is 34.0 Å². The van der Waals surface area contributed by atoms with E-state index < -0.39 is 0 Å². The van der Waals surface area contributed by atoms with E-state index in [1.54, 1.807) is 0 Å². The Labute approximate surface area is 372 Å². The Balaban J connectivity index is 1.22. The minimum atomic E-state index is 0.0446. The normalized spacial score (nSPS) is 14.7. The predicted molar refractivity (Wildman–Crippen MR) is 269 cm³/mol. The molecule has 0 radical (unpaired) electrons. The molecule has 4 heteroatoms. The van der Waals surface area contributed by atoms with Crippen molar-refractivity contribution in [2.75, 3.05) is 0 Å².